The molecule has 27 heavy (non-hydrogen) atoms. The number of nitro benzene ring substituents is 1. The molecule has 7 nitrogen and oxygen atoms in total. The van der Waals surface area contributed by atoms with Crippen molar-refractivity contribution in [3.63, 3.8) is 0 Å². The molecule has 0 radical (unpaired) electrons. The summed E-state index contributed by atoms with van der Waals surface area (Å²) in [5.41, 5.74) is 1.56. The van der Waals surface area contributed by atoms with Crippen LogP contribution in [0.25, 0.3) is 0 Å². The van der Waals surface area contributed by atoms with Crippen LogP contribution in [0.3, 0.4) is 0 Å². The molecule has 2 unspecified atom stereocenters. The Morgan fingerprint density at radius 3 is 2.81 bits per heavy atom. The van der Waals surface area contributed by atoms with Gasteiger partial charge in [0.25, 0.3) is 11.6 Å². The van der Waals surface area contributed by atoms with Gasteiger partial charge in [0.1, 0.15) is 6.10 Å². The summed E-state index contributed by atoms with van der Waals surface area (Å²) in [7, 11) is 0. The quantitative estimate of drug-likeness (QED) is 0.565. The Hall–Kier alpha value is -1.70. The summed E-state index contributed by atoms with van der Waals surface area (Å²) in [6, 6.07) is 3.33. The molecule has 1 aromatic carbocycles. The zero-order chi connectivity index (χ0) is 19.6. The molecule has 8 heteroatoms. The normalized spacial score (nSPS) is 23.6. The lowest BCUT2D eigenvalue weighted by Crippen LogP contribution is -2.56. The third-order valence-electron chi connectivity index (χ3n) is 5.57. The number of hydrogen-bond donors (Lipinski definition) is 0. The lowest BCUT2D eigenvalue weighted by Gasteiger charge is -2.42. The molecule has 2 aliphatic rings. The second-order valence-electron chi connectivity index (χ2n) is 7.30. The molecule has 0 N–H and O–H groups in total. The van der Waals surface area contributed by atoms with Crippen molar-refractivity contribution in [2.45, 2.75) is 51.8 Å². The van der Waals surface area contributed by atoms with Crippen LogP contribution in [0.4, 0.5) is 5.69 Å². The highest BCUT2D eigenvalue weighted by Crippen LogP contribution is 2.28. The number of halogens is 1. The van der Waals surface area contributed by atoms with Crippen LogP contribution < -0.4 is 0 Å². The molecule has 3 rings (SSSR count). The van der Waals surface area contributed by atoms with Gasteiger partial charge in [-0.05, 0) is 37.8 Å². The molecular weight excluding hydrogens is 370 g/mol. The minimum Gasteiger partial charge on any atom is -0.368 e. The number of piperazine rings is 1. The van der Waals surface area contributed by atoms with E-state index in [1.54, 1.807) is 13.0 Å². The number of benzene rings is 1. The van der Waals surface area contributed by atoms with Gasteiger partial charge in [0.2, 0.25) is 0 Å². The number of ether oxygens (including phenoxy) is 1. The predicted octanol–water partition coefficient (Wildman–Crippen LogP) is 3.16. The Kier molecular flexibility index (Phi) is 6.34. The Balaban J connectivity index is 1.70. The predicted molar refractivity (Wildman–Crippen MR) is 103 cm³/mol. The molecule has 2 aliphatic heterocycles. The van der Waals surface area contributed by atoms with E-state index in [1.807, 2.05) is 4.90 Å². The van der Waals surface area contributed by atoms with Gasteiger partial charge in [-0.25, -0.2) is 0 Å². The fourth-order valence-electron chi connectivity index (χ4n) is 3.97. The van der Waals surface area contributed by atoms with Crippen LogP contribution in [0.15, 0.2) is 12.1 Å². The van der Waals surface area contributed by atoms with E-state index in [1.165, 1.54) is 6.07 Å². The van der Waals surface area contributed by atoms with E-state index in [2.05, 4.69) is 11.8 Å². The molecule has 0 bridgehead atoms. The topological polar surface area (TPSA) is 75.9 Å². The summed E-state index contributed by atoms with van der Waals surface area (Å²) in [4.78, 5) is 27.8. The van der Waals surface area contributed by atoms with Crippen LogP contribution in [0.2, 0.25) is 5.02 Å². The van der Waals surface area contributed by atoms with Crippen LogP contribution >= 0.6 is 11.6 Å². The van der Waals surface area contributed by atoms with Crippen molar-refractivity contribution >= 4 is 23.2 Å². The second kappa shape index (κ2) is 8.54. The van der Waals surface area contributed by atoms with Crippen LogP contribution in [0.5, 0.6) is 0 Å². The van der Waals surface area contributed by atoms with Gasteiger partial charge in [-0.2, -0.15) is 0 Å². The molecule has 2 atom stereocenters. The molecule has 0 saturated carbocycles. The number of nitro groups is 1. The molecule has 2 heterocycles. The van der Waals surface area contributed by atoms with E-state index >= 15 is 0 Å². The lowest BCUT2D eigenvalue weighted by atomic mass is 10.0. The number of carbonyl (C=O) groups excluding carboxylic acids is 1. The first-order valence-corrected chi connectivity index (χ1v) is 9.86. The summed E-state index contributed by atoms with van der Waals surface area (Å²) >= 11 is 6.09. The van der Waals surface area contributed by atoms with Gasteiger partial charge >= 0.3 is 0 Å². The molecule has 0 aromatic heterocycles. The number of nitrogens with zero attached hydrogens (tertiary/aromatic N) is 3. The molecule has 1 aromatic rings. The molecule has 0 spiro atoms. The van der Waals surface area contributed by atoms with Crippen LogP contribution in [-0.2, 0) is 16.1 Å². The average Bonchev–Trinajstić information content (AvgIpc) is 3.18. The second-order valence-corrected chi connectivity index (χ2v) is 7.73. The van der Waals surface area contributed by atoms with Crippen molar-refractivity contribution in [1.29, 1.82) is 0 Å². The first-order chi connectivity index (χ1) is 12.9. The minimum absolute atomic E-state index is 0.0525. The highest BCUT2D eigenvalue weighted by atomic mass is 35.5. The minimum atomic E-state index is -0.391. The monoisotopic (exact) mass is 395 g/mol. The smallest absolute Gasteiger partial charge is 0.274 e. The molecule has 0 aliphatic carbocycles. The van der Waals surface area contributed by atoms with Crippen molar-refractivity contribution in [1.82, 2.24) is 9.80 Å². The summed E-state index contributed by atoms with van der Waals surface area (Å²) < 4.78 is 5.56. The molecular formula is C19H26ClN3O4. The van der Waals surface area contributed by atoms with E-state index in [-0.39, 0.29) is 23.7 Å². The Morgan fingerprint density at radius 2 is 2.19 bits per heavy atom. The highest BCUT2D eigenvalue weighted by molar-refractivity contribution is 6.30. The summed E-state index contributed by atoms with van der Waals surface area (Å²) in [6.07, 6.45) is 2.33. The van der Waals surface area contributed by atoms with Gasteiger partial charge in [0.15, 0.2) is 0 Å². The van der Waals surface area contributed by atoms with Gasteiger partial charge in [0, 0.05) is 55.5 Å². The maximum Gasteiger partial charge on any atom is 0.274 e. The zero-order valence-electron chi connectivity index (χ0n) is 15.8. The first kappa shape index (κ1) is 20.0. The number of carbonyl (C=O) groups is 1. The number of hydrogen-bond acceptors (Lipinski definition) is 5. The van der Waals surface area contributed by atoms with E-state index in [0.717, 1.165) is 37.9 Å². The first-order valence-electron chi connectivity index (χ1n) is 9.48. The molecule has 1 amide bonds. The van der Waals surface area contributed by atoms with Gasteiger partial charge in [-0.1, -0.05) is 18.5 Å². The SMILES string of the molecule is CCC1CN(Cc2cc(Cl)cc([N+](=O)[O-])c2C)CCN1C(=O)C1CCCO1. The highest BCUT2D eigenvalue weighted by Gasteiger charge is 2.35. The van der Waals surface area contributed by atoms with Crippen LogP contribution in [0, 0.1) is 17.0 Å². The summed E-state index contributed by atoms with van der Waals surface area (Å²) in [5, 5.41) is 11.6. The standard InChI is InChI=1S/C19H26ClN3O4/c1-3-16-12-21(6-7-22(16)19(24)18-5-4-8-27-18)11-14-9-15(20)10-17(13(14)2)23(25)26/h9-10,16,18H,3-8,11-12H2,1-2H3. The molecule has 148 valence electrons. The van der Waals surface area contributed by atoms with Gasteiger partial charge < -0.3 is 9.64 Å². The largest absolute Gasteiger partial charge is 0.368 e. The molecule has 2 saturated heterocycles. The van der Waals surface area contributed by atoms with Crippen LogP contribution in [-0.4, -0.2) is 59.0 Å². The van der Waals surface area contributed by atoms with E-state index in [4.69, 9.17) is 16.3 Å². The van der Waals surface area contributed by atoms with E-state index < -0.39 is 4.92 Å². The van der Waals surface area contributed by atoms with Crippen molar-refractivity contribution in [3.8, 4) is 0 Å². The fraction of sp³-hybridized carbons (Fsp3) is 0.632. The lowest BCUT2D eigenvalue weighted by molar-refractivity contribution is -0.385. The Labute approximate surface area is 164 Å². The van der Waals surface area contributed by atoms with Gasteiger partial charge in [-0.3, -0.25) is 19.8 Å². The molecule has 2 fully saturated rings. The van der Waals surface area contributed by atoms with Crippen LogP contribution in [0.1, 0.15) is 37.3 Å². The maximum absolute atomic E-state index is 12.7. The van der Waals surface area contributed by atoms with Crippen molar-refractivity contribution < 1.29 is 14.5 Å². The zero-order valence-corrected chi connectivity index (χ0v) is 16.6. The summed E-state index contributed by atoms with van der Waals surface area (Å²) in [6.45, 7) is 7.23. The van der Waals surface area contributed by atoms with E-state index in [9.17, 15) is 14.9 Å². The van der Waals surface area contributed by atoms with Gasteiger partial charge in [0.05, 0.1) is 4.92 Å². The maximum atomic E-state index is 12.7. The Bertz CT molecular complexity index is 721. The van der Waals surface area contributed by atoms with Crippen molar-refractivity contribution in [2.75, 3.05) is 26.2 Å². The summed E-state index contributed by atoms with van der Waals surface area (Å²) in [5.74, 6) is 0.105. The number of amides is 1. The van der Waals surface area contributed by atoms with E-state index in [0.29, 0.717) is 30.3 Å². The fourth-order valence-corrected chi connectivity index (χ4v) is 4.21. The average molecular weight is 396 g/mol. The number of rotatable bonds is 5. The van der Waals surface area contributed by atoms with Crippen molar-refractivity contribution in [2.24, 2.45) is 0 Å². The Morgan fingerprint density at radius 1 is 1.41 bits per heavy atom. The third-order valence-corrected chi connectivity index (χ3v) is 5.79. The third kappa shape index (κ3) is 4.42. The van der Waals surface area contributed by atoms with Crippen molar-refractivity contribution in [3.05, 3.63) is 38.4 Å². The van der Waals surface area contributed by atoms with Gasteiger partial charge in [-0.15, -0.1) is 0 Å².